The van der Waals surface area contributed by atoms with Crippen molar-refractivity contribution in [2.24, 2.45) is 5.10 Å². The van der Waals surface area contributed by atoms with E-state index in [1.165, 1.54) is 4.88 Å². The molecule has 0 saturated carbocycles. The molecule has 0 bridgehead atoms. The molecular weight excluding hydrogens is 402 g/mol. The van der Waals surface area contributed by atoms with Crippen molar-refractivity contribution in [2.45, 2.75) is 20.4 Å². The largest absolute Gasteiger partial charge is 0.254 e. The van der Waals surface area contributed by atoms with E-state index in [0.29, 0.717) is 12.5 Å². The quantitative estimate of drug-likeness (QED) is 0.448. The van der Waals surface area contributed by atoms with Crippen LogP contribution in [0.5, 0.6) is 0 Å². The van der Waals surface area contributed by atoms with Gasteiger partial charge in [-0.3, -0.25) is 4.57 Å². The van der Waals surface area contributed by atoms with Gasteiger partial charge in [0.25, 0.3) is 5.95 Å². The molecule has 0 saturated heterocycles. The van der Waals surface area contributed by atoms with E-state index >= 15 is 0 Å². The summed E-state index contributed by atoms with van der Waals surface area (Å²) in [6.45, 7) is 4.66. The third kappa shape index (κ3) is 3.24. The molecule has 7 heteroatoms. The first kappa shape index (κ1) is 18.1. The van der Waals surface area contributed by atoms with Crippen molar-refractivity contribution in [3.05, 3.63) is 93.1 Å². The molecule has 144 valence electrons. The minimum absolute atomic E-state index is 0.569. The van der Waals surface area contributed by atoms with Crippen LogP contribution in [0.25, 0.3) is 5.00 Å². The van der Waals surface area contributed by atoms with Gasteiger partial charge in [-0.2, -0.15) is 5.10 Å². The van der Waals surface area contributed by atoms with Gasteiger partial charge >= 0.3 is 0 Å². The van der Waals surface area contributed by atoms with Crippen molar-refractivity contribution >= 4 is 34.6 Å². The van der Waals surface area contributed by atoms with Crippen LogP contribution in [0.1, 0.15) is 27.4 Å². The lowest BCUT2D eigenvalue weighted by Gasteiger charge is -2.18. The summed E-state index contributed by atoms with van der Waals surface area (Å²) in [5.41, 5.74) is 4.20. The molecule has 29 heavy (non-hydrogen) atoms. The highest BCUT2D eigenvalue weighted by Gasteiger charge is 2.28. The van der Waals surface area contributed by atoms with Crippen molar-refractivity contribution in [2.75, 3.05) is 5.01 Å². The van der Waals surface area contributed by atoms with Gasteiger partial charge in [-0.25, -0.2) is 5.01 Å². The summed E-state index contributed by atoms with van der Waals surface area (Å²) in [6, 6.07) is 20.3. The van der Waals surface area contributed by atoms with Crippen molar-refractivity contribution in [3.8, 4) is 5.00 Å². The van der Waals surface area contributed by atoms with Gasteiger partial charge in [0, 0.05) is 21.0 Å². The second-order valence-corrected chi connectivity index (χ2v) is 8.63. The summed E-state index contributed by atoms with van der Waals surface area (Å²) in [7, 11) is 0. The number of halogens is 1. The van der Waals surface area contributed by atoms with Crippen LogP contribution in [0.4, 0.5) is 5.95 Å². The second-order valence-electron chi connectivity index (χ2n) is 6.96. The number of anilines is 1. The molecule has 0 aliphatic carbocycles. The lowest BCUT2D eigenvalue weighted by molar-refractivity contribution is 0.798. The van der Waals surface area contributed by atoms with E-state index in [9.17, 15) is 0 Å². The van der Waals surface area contributed by atoms with Crippen molar-refractivity contribution in [3.63, 3.8) is 0 Å². The molecule has 1 aliphatic heterocycles. The summed E-state index contributed by atoms with van der Waals surface area (Å²) < 4.78 is 2.10. The maximum Gasteiger partial charge on any atom is 0.253 e. The van der Waals surface area contributed by atoms with Gasteiger partial charge in [-0.1, -0.05) is 54.1 Å². The molecule has 5 rings (SSSR count). The lowest BCUT2D eigenvalue weighted by Crippen LogP contribution is -2.20. The van der Waals surface area contributed by atoms with E-state index < -0.39 is 0 Å². The van der Waals surface area contributed by atoms with E-state index in [2.05, 4.69) is 39.9 Å². The predicted molar refractivity (Wildman–Crippen MR) is 118 cm³/mol. The predicted octanol–water partition coefficient (Wildman–Crippen LogP) is 5.37. The third-order valence-corrected chi connectivity index (χ3v) is 6.13. The van der Waals surface area contributed by atoms with E-state index in [1.807, 2.05) is 54.4 Å². The first-order valence-corrected chi connectivity index (χ1v) is 10.5. The number of thiophene rings is 1. The number of aromatic nitrogens is 3. The Labute approximate surface area is 177 Å². The van der Waals surface area contributed by atoms with Crippen LogP contribution < -0.4 is 5.01 Å². The molecule has 5 nitrogen and oxygen atoms in total. The van der Waals surface area contributed by atoms with E-state index in [0.717, 1.165) is 38.3 Å². The van der Waals surface area contributed by atoms with Crippen LogP contribution in [0.15, 0.2) is 65.8 Å². The molecule has 1 aliphatic rings. The van der Waals surface area contributed by atoms with Crippen LogP contribution in [-0.4, -0.2) is 20.5 Å². The Balaban J connectivity index is 1.71. The van der Waals surface area contributed by atoms with Crippen LogP contribution in [-0.2, 0) is 6.54 Å². The Morgan fingerprint density at radius 1 is 0.966 bits per heavy atom. The number of nitrogens with zero attached hydrogens (tertiary/aromatic N) is 5. The van der Waals surface area contributed by atoms with Crippen LogP contribution in [0.2, 0.25) is 5.02 Å². The van der Waals surface area contributed by atoms with Gasteiger partial charge < -0.3 is 0 Å². The van der Waals surface area contributed by atoms with Crippen molar-refractivity contribution in [1.29, 1.82) is 0 Å². The second kappa shape index (κ2) is 7.13. The molecule has 4 aromatic rings. The average molecular weight is 420 g/mol. The number of rotatable bonds is 3. The summed E-state index contributed by atoms with van der Waals surface area (Å²) in [5, 5.41) is 17.6. The monoisotopic (exact) mass is 419 g/mol. The fourth-order valence-electron chi connectivity index (χ4n) is 3.49. The molecule has 0 atom stereocenters. The topological polar surface area (TPSA) is 46.3 Å². The van der Waals surface area contributed by atoms with E-state index in [4.69, 9.17) is 16.7 Å². The number of aryl methyl sites for hydroxylation is 2. The molecule has 0 N–H and O–H groups in total. The fraction of sp³-hybridized carbons (Fsp3) is 0.136. The fourth-order valence-corrected chi connectivity index (χ4v) is 4.67. The lowest BCUT2D eigenvalue weighted by atomic mass is 10.0. The third-order valence-electron chi connectivity index (χ3n) is 4.85. The zero-order valence-electron chi connectivity index (χ0n) is 16.0. The number of hydrogen-bond acceptors (Lipinski definition) is 5. The smallest absolute Gasteiger partial charge is 0.253 e. The highest BCUT2D eigenvalue weighted by Crippen LogP contribution is 2.35. The molecule has 3 heterocycles. The van der Waals surface area contributed by atoms with Crippen LogP contribution in [0.3, 0.4) is 0 Å². The highest BCUT2D eigenvalue weighted by atomic mass is 35.5. The molecule has 2 aromatic heterocycles. The Morgan fingerprint density at radius 3 is 2.48 bits per heavy atom. The number of hydrogen-bond donors (Lipinski definition) is 0. The molecular formula is C22H18ClN5S. The van der Waals surface area contributed by atoms with Gasteiger partial charge in [0.05, 0.1) is 6.54 Å². The summed E-state index contributed by atoms with van der Waals surface area (Å²) in [4.78, 5) is 1.23. The summed E-state index contributed by atoms with van der Waals surface area (Å²) in [5.74, 6) is 1.56. The normalized spacial score (nSPS) is 12.9. The zero-order valence-corrected chi connectivity index (χ0v) is 17.6. The summed E-state index contributed by atoms with van der Waals surface area (Å²) >= 11 is 7.79. The molecule has 0 spiro atoms. The Bertz CT molecular complexity index is 1210. The Kier molecular flexibility index (Phi) is 4.45. The maximum atomic E-state index is 6.06. The maximum absolute atomic E-state index is 6.06. The van der Waals surface area contributed by atoms with Crippen molar-refractivity contribution < 1.29 is 0 Å². The molecule has 0 radical (unpaired) electrons. The Morgan fingerprint density at radius 2 is 1.72 bits per heavy atom. The average Bonchev–Trinajstić information content (AvgIpc) is 3.26. The van der Waals surface area contributed by atoms with Crippen LogP contribution in [0, 0.1) is 13.8 Å². The first-order chi connectivity index (χ1) is 14.1. The van der Waals surface area contributed by atoms with Gasteiger partial charge in [0.1, 0.15) is 16.5 Å². The molecule has 0 fully saturated rings. The van der Waals surface area contributed by atoms with Crippen LogP contribution >= 0.6 is 22.9 Å². The highest BCUT2D eigenvalue weighted by molar-refractivity contribution is 7.15. The van der Waals surface area contributed by atoms with Crippen molar-refractivity contribution in [1.82, 2.24) is 14.8 Å². The SMILES string of the molecule is Cc1cc2c(s1)-n1c(C)nnc1N(Cc1ccc(Cl)cc1)N=C2c1ccccc1. The van der Waals surface area contributed by atoms with Gasteiger partial charge in [-0.15, -0.1) is 21.5 Å². The number of fused-ring (bicyclic) bond motifs is 3. The van der Waals surface area contributed by atoms with Gasteiger partial charge in [0.15, 0.2) is 0 Å². The number of hydrazone groups is 1. The number of benzene rings is 2. The van der Waals surface area contributed by atoms with E-state index in [-0.39, 0.29) is 0 Å². The molecule has 2 aromatic carbocycles. The zero-order chi connectivity index (χ0) is 20.0. The first-order valence-electron chi connectivity index (χ1n) is 9.29. The summed E-state index contributed by atoms with van der Waals surface area (Å²) in [6.07, 6.45) is 0. The van der Waals surface area contributed by atoms with Gasteiger partial charge in [-0.05, 0) is 37.6 Å². The molecule has 0 unspecified atom stereocenters. The molecule has 0 amide bonds. The minimum atomic E-state index is 0.569. The van der Waals surface area contributed by atoms with Gasteiger partial charge in [0.2, 0.25) is 0 Å². The Hall–Kier alpha value is -2.96. The minimum Gasteiger partial charge on any atom is -0.254 e. The van der Waals surface area contributed by atoms with E-state index in [1.54, 1.807) is 11.3 Å². The standard InChI is InChI=1S/C22H18ClN5S/c1-14-12-19-20(17-6-4-3-5-7-17)26-27(13-16-8-10-18(23)11-9-16)22-25-24-15(2)28(22)21(19)29-14/h3-12H,13H2,1-2H3.